The maximum absolute atomic E-state index is 11.9. The topological polar surface area (TPSA) is 59.1 Å². The second-order valence-electron chi connectivity index (χ2n) is 6.83. The number of likely N-dealkylation sites (N-methyl/N-ethyl adjacent to an activating group) is 2. The van der Waals surface area contributed by atoms with Crippen molar-refractivity contribution in [2.45, 2.75) is 46.1 Å². The zero-order chi connectivity index (χ0) is 17.9. The molecule has 0 rings (SSSR count). The van der Waals surface area contributed by atoms with Gasteiger partial charge in [-0.2, -0.15) is 0 Å². The van der Waals surface area contributed by atoms with Crippen LogP contribution in [-0.4, -0.2) is 80.6 Å². The quantitative estimate of drug-likeness (QED) is 0.509. The summed E-state index contributed by atoms with van der Waals surface area (Å²) in [5.74, 6) is 0.160. The number of carbonyl (C=O) groups excluding carboxylic acids is 2. The molecule has 0 aliphatic carbocycles. The molecule has 1 amide bonds. The van der Waals surface area contributed by atoms with Crippen LogP contribution >= 0.6 is 0 Å². The first kappa shape index (κ1) is 22.0. The van der Waals surface area contributed by atoms with Crippen molar-refractivity contribution in [1.82, 2.24) is 9.80 Å². The lowest BCUT2D eigenvalue weighted by molar-refractivity contribution is -0.132. The van der Waals surface area contributed by atoms with Gasteiger partial charge in [0.05, 0.1) is 32.8 Å². The second kappa shape index (κ2) is 11.5. The Morgan fingerprint density at radius 1 is 0.870 bits per heavy atom. The van der Waals surface area contributed by atoms with E-state index in [1.54, 1.807) is 11.9 Å². The van der Waals surface area contributed by atoms with Crippen LogP contribution in [0.3, 0.4) is 0 Å². The third-order valence-electron chi connectivity index (χ3n) is 3.77. The molecule has 0 fully saturated rings. The van der Waals surface area contributed by atoms with Gasteiger partial charge in [-0.3, -0.25) is 14.5 Å². The van der Waals surface area contributed by atoms with Crippen LogP contribution in [0.4, 0.5) is 0 Å². The highest BCUT2D eigenvalue weighted by Crippen LogP contribution is 2.09. The average Bonchev–Trinajstić information content (AvgIpc) is 2.44. The van der Waals surface area contributed by atoms with E-state index in [1.165, 1.54) is 6.92 Å². The summed E-state index contributed by atoms with van der Waals surface area (Å²) in [5, 5.41) is 0. The number of ketones is 1. The van der Waals surface area contributed by atoms with Gasteiger partial charge in [-0.25, -0.2) is 0 Å². The molecule has 0 radical (unpaired) electrons. The van der Waals surface area contributed by atoms with E-state index in [1.807, 2.05) is 0 Å². The third kappa shape index (κ3) is 12.1. The summed E-state index contributed by atoms with van der Waals surface area (Å²) in [6.45, 7) is 11.3. The molecule has 6 nitrogen and oxygen atoms in total. The summed E-state index contributed by atoms with van der Waals surface area (Å²) in [5.41, 5.74) is 0.127. The predicted molar refractivity (Wildman–Crippen MR) is 91.6 cm³/mol. The van der Waals surface area contributed by atoms with E-state index in [0.29, 0.717) is 45.8 Å². The van der Waals surface area contributed by atoms with Gasteiger partial charge in [0.2, 0.25) is 5.91 Å². The van der Waals surface area contributed by atoms with Gasteiger partial charge in [-0.1, -0.05) is 0 Å². The van der Waals surface area contributed by atoms with E-state index in [2.05, 4.69) is 32.7 Å². The molecule has 0 saturated carbocycles. The van der Waals surface area contributed by atoms with E-state index in [0.717, 1.165) is 6.54 Å². The van der Waals surface area contributed by atoms with Crippen molar-refractivity contribution in [3.63, 3.8) is 0 Å². The minimum Gasteiger partial charge on any atom is -0.380 e. The average molecular weight is 330 g/mol. The highest BCUT2D eigenvalue weighted by atomic mass is 16.5. The van der Waals surface area contributed by atoms with Crippen molar-refractivity contribution in [2.75, 3.05) is 53.6 Å². The molecule has 0 aromatic rings. The summed E-state index contributed by atoms with van der Waals surface area (Å²) in [6.07, 6.45) is 0.803. The van der Waals surface area contributed by atoms with Crippen molar-refractivity contribution in [1.29, 1.82) is 0 Å². The summed E-state index contributed by atoms with van der Waals surface area (Å²) >= 11 is 0. The number of Topliss-reactive ketones (excluding diaryl/α,β-unsaturated/α-hetero) is 1. The minimum atomic E-state index is 0.0457. The molecular formula is C17H34N2O4. The molecule has 136 valence electrons. The highest BCUT2D eigenvalue weighted by Gasteiger charge is 2.16. The van der Waals surface area contributed by atoms with E-state index in [9.17, 15) is 9.59 Å². The van der Waals surface area contributed by atoms with Crippen LogP contribution in [0.5, 0.6) is 0 Å². The molecule has 0 aromatic heterocycles. The minimum absolute atomic E-state index is 0.0457. The molecule has 0 bridgehead atoms. The Bertz CT molecular complexity index is 353. The van der Waals surface area contributed by atoms with Gasteiger partial charge >= 0.3 is 0 Å². The zero-order valence-electron chi connectivity index (χ0n) is 15.7. The first-order valence-electron chi connectivity index (χ1n) is 8.24. The number of ether oxygens (including phenoxy) is 2. The lowest BCUT2D eigenvalue weighted by Crippen LogP contribution is -2.40. The van der Waals surface area contributed by atoms with E-state index < -0.39 is 0 Å². The Kier molecular flexibility index (Phi) is 11.0. The van der Waals surface area contributed by atoms with Crippen LogP contribution in [0.2, 0.25) is 0 Å². The molecule has 6 heteroatoms. The van der Waals surface area contributed by atoms with Crippen molar-refractivity contribution in [3.8, 4) is 0 Å². The molecule has 0 spiro atoms. The number of amides is 1. The predicted octanol–water partition coefficient (Wildman–Crippen LogP) is 1.58. The Balaban J connectivity index is 3.63. The number of rotatable bonds is 12. The third-order valence-corrected chi connectivity index (χ3v) is 3.77. The molecule has 0 aliphatic rings. The van der Waals surface area contributed by atoms with Gasteiger partial charge in [0.1, 0.15) is 5.78 Å². The second-order valence-corrected chi connectivity index (χ2v) is 6.83. The zero-order valence-corrected chi connectivity index (χ0v) is 15.7. The van der Waals surface area contributed by atoms with Crippen molar-refractivity contribution in [3.05, 3.63) is 0 Å². The van der Waals surface area contributed by atoms with Crippen molar-refractivity contribution >= 4 is 11.7 Å². The first-order chi connectivity index (χ1) is 10.6. The van der Waals surface area contributed by atoms with Gasteiger partial charge in [0.15, 0.2) is 0 Å². The molecule has 23 heavy (non-hydrogen) atoms. The molecule has 0 N–H and O–H groups in total. The van der Waals surface area contributed by atoms with E-state index >= 15 is 0 Å². The Morgan fingerprint density at radius 3 is 1.91 bits per heavy atom. The number of hydrogen-bond acceptors (Lipinski definition) is 5. The highest BCUT2D eigenvalue weighted by molar-refractivity contribution is 5.76. The fraction of sp³-hybridized carbons (Fsp3) is 0.882. The molecule has 0 atom stereocenters. The number of carbonyl (C=O) groups is 2. The molecule has 0 aliphatic heterocycles. The molecular weight excluding hydrogens is 296 g/mol. The van der Waals surface area contributed by atoms with Crippen molar-refractivity contribution in [2.24, 2.45) is 0 Å². The maximum Gasteiger partial charge on any atom is 0.224 e. The van der Waals surface area contributed by atoms with Gasteiger partial charge in [-0.05, 0) is 34.7 Å². The van der Waals surface area contributed by atoms with Gasteiger partial charge in [0.25, 0.3) is 0 Å². The standard InChI is InChI=1S/C17H34N2O4/c1-15(20)7-11-22-13-9-18(5)16(21)8-12-23-14-10-19(6)17(2,3)4/h7-14H2,1-6H3. The Morgan fingerprint density at radius 2 is 1.39 bits per heavy atom. The first-order valence-corrected chi connectivity index (χ1v) is 8.24. The Labute approximate surface area is 141 Å². The molecule has 0 saturated heterocycles. The fourth-order valence-electron chi connectivity index (χ4n) is 1.63. The SMILES string of the molecule is CC(=O)CCOCCN(C)C(=O)CCOCCN(C)C(C)(C)C. The number of hydrogen-bond donors (Lipinski definition) is 0. The van der Waals surface area contributed by atoms with Gasteiger partial charge in [0, 0.05) is 32.1 Å². The molecule has 0 unspecified atom stereocenters. The van der Waals surface area contributed by atoms with Crippen LogP contribution in [0.15, 0.2) is 0 Å². The summed E-state index contributed by atoms with van der Waals surface area (Å²) in [6, 6.07) is 0. The maximum atomic E-state index is 11.9. The summed E-state index contributed by atoms with van der Waals surface area (Å²) < 4.78 is 10.8. The monoisotopic (exact) mass is 330 g/mol. The van der Waals surface area contributed by atoms with Crippen molar-refractivity contribution < 1.29 is 19.1 Å². The Hall–Kier alpha value is -0.980. The van der Waals surface area contributed by atoms with E-state index in [4.69, 9.17) is 9.47 Å². The lowest BCUT2D eigenvalue weighted by Gasteiger charge is -2.31. The van der Waals surface area contributed by atoms with Crippen LogP contribution in [0.1, 0.15) is 40.5 Å². The van der Waals surface area contributed by atoms with Gasteiger partial charge in [-0.15, -0.1) is 0 Å². The smallest absolute Gasteiger partial charge is 0.224 e. The van der Waals surface area contributed by atoms with Crippen LogP contribution in [-0.2, 0) is 19.1 Å². The summed E-state index contributed by atoms with van der Waals surface area (Å²) in [7, 11) is 3.82. The number of nitrogens with zero attached hydrogens (tertiary/aromatic N) is 2. The van der Waals surface area contributed by atoms with Crippen LogP contribution in [0.25, 0.3) is 0 Å². The molecule has 0 aromatic carbocycles. The van der Waals surface area contributed by atoms with E-state index in [-0.39, 0.29) is 17.2 Å². The normalized spacial score (nSPS) is 11.8. The van der Waals surface area contributed by atoms with Crippen LogP contribution < -0.4 is 0 Å². The molecule has 0 heterocycles. The van der Waals surface area contributed by atoms with Crippen LogP contribution in [0, 0.1) is 0 Å². The lowest BCUT2D eigenvalue weighted by atomic mass is 10.1. The fourth-order valence-corrected chi connectivity index (χ4v) is 1.63. The van der Waals surface area contributed by atoms with Gasteiger partial charge < -0.3 is 14.4 Å². The largest absolute Gasteiger partial charge is 0.380 e. The summed E-state index contributed by atoms with van der Waals surface area (Å²) in [4.78, 5) is 26.5.